The van der Waals surface area contributed by atoms with Gasteiger partial charge in [-0.1, -0.05) is 24.1 Å². The van der Waals surface area contributed by atoms with Crippen LogP contribution >= 0.6 is 11.3 Å². The fraction of sp³-hybridized carbons (Fsp3) is 0.440. The topological polar surface area (TPSA) is 102 Å². The van der Waals surface area contributed by atoms with Crippen molar-refractivity contribution in [1.29, 1.82) is 0 Å². The second-order valence-electron chi connectivity index (χ2n) is 9.67. The first-order chi connectivity index (χ1) is 17.4. The van der Waals surface area contributed by atoms with Crippen LogP contribution < -0.4 is 4.90 Å². The average molecular weight is 528 g/mol. The Bertz CT molecular complexity index is 1520. The Morgan fingerprint density at radius 2 is 1.83 bits per heavy atom. The van der Waals surface area contributed by atoms with Crippen molar-refractivity contribution in [3.63, 3.8) is 0 Å². The molecule has 8 nitrogen and oxygen atoms in total. The normalized spacial score (nSPS) is 17.9. The summed E-state index contributed by atoms with van der Waals surface area (Å²) in [5.41, 5.74) is 1.62. The third-order valence-electron chi connectivity index (χ3n) is 7.32. The molecular formula is C25H26FN5O3S2. The summed E-state index contributed by atoms with van der Waals surface area (Å²) < 4.78 is 45.0. The molecule has 4 aromatic rings. The van der Waals surface area contributed by atoms with Crippen molar-refractivity contribution in [1.82, 2.24) is 20.1 Å². The van der Waals surface area contributed by atoms with E-state index in [2.05, 4.69) is 20.0 Å². The zero-order chi connectivity index (χ0) is 24.9. The van der Waals surface area contributed by atoms with Gasteiger partial charge in [-0.05, 0) is 37.8 Å². The summed E-state index contributed by atoms with van der Waals surface area (Å²) in [6, 6.07) is 4.00. The number of anilines is 1. The molecule has 4 heterocycles. The molecule has 11 heteroatoms. The molecule has 3 aromatic heterocycles. The lowest BCUT2D eigenvalue weighted by atomic mass is 9.96. The highest BCUT2D eigenvalue weighted by Gasteiger charge is 2.29. The minimum Gasteiger partial charge on any atom is -0.355 e. The van der Waals surface area contributed by atoms with Gasteiger partial charge < -0.3 is 9.42 Å². The van der Waals surface area contributed by atoms with Crippen LogP contribution in [-0.4, -0.2) is 47.9 Å². The minimum absolute atomic E-state index is 0.0434. The van der Waals surface area contributed by atoms with Gasteiger partial charge in [-0.25, -0.2) is 22.8 Å². The van der Waals surface area contributed by atoms with Gasteiger partial charge in [0.05, 0.1) is 15.1 Å². The maximum absolute atomic E-state index is 14.9. The number of nitrogens with zero attached hydrogens (tertiary/aromatic N) is 5. The Labute approximate surface area is 212 Å². The average Bonchev–Trinajstić information content (AvgIpc) is 3.64. The Kier molecular flexibility index (Phi) is 5.99. The predicted molar refractivity (Wildman–Crippen MR) is 136 cm³/mol. The van der Waals surface area contributed by atoms with E-state index >= 15 is 0 Å². The number of hydrogen-bond acceptors (Lipinski definition) is 9. The molecule has 0 unspecified atom stereocenters. The van der Waals surface area contributed by atoms with E-state index in [9.17, 15) is 12.8 Å². The third kappa shape index (κ3) is 4.28. The first kappa shape index (κ1) is 23.5. The summed E-state index contributed by atoms with van der Waals surface area (Å²) in [6.45, 7) is 1.59. The highest BCUT2D eigenvalue weighted by Crippen LogP contribution is 2.40. The highest BCUT2D eigenvalue weighted by atomic mass is 32.2. The molecule has 0 atom stereocenters. The number of piperidine rings is 1. The summed E-state index contributed by atoms with van der Waals surface area (Å²) in [7, 11) is -3.49. The van der Waals surface area contributed by atoms with Crippen LogP contribution in [0.1, 0.15) is 62.1 Å². The van der Waals surface area contributed by atoms with Crippen molar-refractivity contribution in [2.45, 2.75) is 55.3 Å². The fourth-order valence-electron chi connectivity index (χ4n) is 5.30. The van der Waals surface area contributed by atoms with Gasteiger partial charge in [0.15, 0.2) is 15.7 Å². The molecule has 1 saturated heterocycles. The molecule has 0 N–H and O–H groups in total. The second-order valence-corrected chi connectivity index (χ2v) is 12.6. The van der Waals surface area contributed by atoms with Gasteiger partial charge in [-0.15, -0.1) is 11.3 Å². The van der Waals surface area contributed by atoms with Crippen LogP contribution in [-0.2, 0) is 9.84 Å². The van der Waals surface area contributed by atoms with Crippen molar-refractivity contribution in [3.05, 3.63) is 47.4 Å². The Morgan fingerprint density at radius 1 is 1.06 bits per heavy atom. The van der Waals surface area contributed by atoms with Crippen molar-refractivity contribution < 1.29 is 17.3 Å². The van der Waals surface area contributed by atoms with Gasteiger partial charge in [0.2, 0.25) is 5.89 Å². The molecule has 0 amide bonds. The number of sulfone groups is 1. The van der Waals surface area contributed by atoms with Crippen molar-refractivity contribution in [2.75, 3.05) is 24.2 Å². The zero-order valence-electron chi connectivity index (χ0n) is 19.9. The number of aromatic nitrogens is 4. The van der Waals surface area contributed by atoms with Gasteiger partial charge >= 0.3 is 0 Å². The Morgan fingerprint density at radius 3 is 2.56 bits per heavy atom. The number of halogens is 1. The van der Waals surface area contributed by atoms with Crippen molar-refractivity contribution in [3.8, 4) is 11.1 Å². The lowest BCUT2D eigenvalue weighted by Gasteiger charge is -2.31. The second kappa shape index (κ2) is 9.19. The summed E-state index contributed by atoms with van der Waals surface area (Å²) in [4.78, 5) is 15.9. The first-order valence-electron chi connectivity index (χ1n) is 12.2. The van der Waals surface area contributed by atoms with E-state index in [1.165, 1.54) is 42.6 Å². The Hall–Kier alpha value is -2.92. The molecule has 1 saturated carbocycles. The van der Waals surface area contributed by atoms with Crippen LogP contribution in [0.4, 0.5) is 10.2 Å². The maximum Gasteiger partial charge on any atom is 0.229 e. The summed E-state index contributed by atoms with van der Waals surface area (Å²) in [5, 5.41) is 6.12. The lowest BCUT2D eigenvalue weighted by Crippen LogP contribution is -2.33. The van der Waals surface area contributed by atoms with E-state index in [0.717, 1.165) is 73.3 Å². The molecule has 36 heavy (non-hydrogen) atoms. The summed E-state index contributed by atoms with van der Waals surface area (Å²) in [6.07, 6.45) is 9.12. The molecule has 188 valence electrons. The molecule has 2 fully saturated rings. The molecule has 1 aliphatic carbocycles. The molecule has 1 aromatic carbocycles. The van der Waals surface area contributed by atoms with Crippen LogP contribution in [0.15, 0.2) is 39.3 Å². The maximum atomic E-state index is 14.9. The largest absolute Gasteiger partial charge is 0.355 e. The minimum atomic E-state index is -3.49. The van der Waals surface area contributed by atoms with Gasteiger partial charge in [-0.2, -0.15) is 4.98 Å². The predicted octanol–water partition coefficient (Wildman–Crippen LogP) is 5.33. The molecule has 0 radical (unpaired) electrons. The van der Waals surface area contributed by atoms with E-state index < -0.39 is 15.7 Å². The monoisotopic (exact) mass is 527 g/mol. The van der Waals surface area contributed by atoms with Gasteiger partial charge in [-0.3, -0.25) is 0 Å². The standard InChI is InChI=1S/C25H26FN5O3S2/c1-36(32,33)17-6-7-18(20(26)12-17)19-13-35-22-21(19)27-14-28-24(22)31-10-8-16(9-11-31)25-29-23(30-34-25)15-4-2-3-5-15/h6-7,12-16H,2-5,8-11H2,1H3. The van der Waals surface area contributed by atoms with Gasteiger partial charge in [0.1, 0.15) is 18.0 Å². The summed E-state index contributed by atoms with van der Waals surface area (Å²) >= 11 is 1.47. The molecular weight excluding hydrogens is 501 g/mol. The van der Waals surface area contributed by atoms with Crippen molar-refractivity contribution >= 4 is 37.2 Å². The number of rotatable bonds is 5. The van der Waals surface area contributed by atoms with Crippen LogP contribution in [0.2, 0.25) is 0 Å². The van der Waals surface area contributed by atoms with Crippen LogP contribution in [0.5, 0.6) is 0 Å². The van der Waals surface area contributed by atoms with E-state index in [4.69, 9.17) is 9.51 Å². The highest BCUT2D eigenvalue weighted by molar-refractivity contribution is 7.90. The molecule has 1 aliphatic heterocycles. The molecule has 2 aliphatic rings. The van der Waals surface area contributed by atoms with Crippen LogP contribution in [0.3, 0.4) is 0 Å². The molecule has 6 rings (SSSR count). The van der Waals surface area contributed by atoms with E-state index in [-0.39, 0.29) is 10.8 Å². The van der Waals surface area contributed by atoms with Gasteiger partial charge in [0.25, 0.3) is 0 Å². The first-order valence-corrected chi connectivity index (χ1v) is 15.0. The number of benzene rings is 1. The summed E-state index contributed by atoms with van der Waals surface area (Å²) in [5.74, 6) is 2.54. The SMILES string of the molecule is CS(=O)(=O)c1ccc(-c2csc3c(N4CCC(c5nc(C6CCCC6)no5)CC4)ncnc23)c(F)c1. The third-order valence-corrected chi connectivity index (χ3v) is 9.39. The zero-order valence-corrected chi connectivity index (χ0v) is 21.5. The number of fused-ring (bicyclic) bond motifs is 1. The van der Waals surface area contributed by atoms with Crippen LogP contribution in [0, 0.1) is 5.82 Å². The number of hydrogen-bond donors (Lipinski definition) is 0. The van der Waals surface area contributed by atoms with Gasteiger partial charge in [0, 0.05) is 47.7 Å². The van der Waals surface area contributed by atoms with Crippen LogP contribution in [0.25, 0.3) is 21.3 Å². The van der Waals surface area contributed by atoms with Crippen molar-refractivity contribution in [2.24, 2.45) is 0 Å². The fourth-order valence-corrected chi connectivity index (χ4v) is 6.97. The molecule has 0 bridgehead atoms. The number of thiophene rings is 1. The van der Waals surface area contributed by atoms with E-state index in [0.29, 0.717) is 22.6 Å². The quantitative estimate of drug-likeness (QED) is 0.343. The smallest absolute Gasteiger partial charge is 0.229 e. The lowest BCUT2D eigenvalue weighted by molar-refractivity contribution is 0.325. The van der Waals surface area contributed by atoms with E-state index in [1.54, 1.807) is 0 Å². The Balaban J connectivity index is 1.22. The molecule has 0 spiro atoms. The van der Waals surface area contributed by atoms with E-state index in [1.807, 2.05) is 5.38 Å².